The minimum absolute atomic E-state index is 0.453. The molecule has 1 unspecified atom stereocenters. The molecule has 1 N–H and O–H groups in total. The fourth-order valence-corrected chi connectivity index (χ4v) is 2.65. The fourth-order valence-electron chi connectivity index (χ4n) is 2.65. The number of benzene rings is 1. The summed E-state index contributed by atoms with van der Waals surface area (Å²) >= 11 is 0. The van der Waals surface area contributed by atoms with Crippen molar-refractivity contribution < 1.29 is 9.47 Å². The Bertz CT molecular complexity index is 417. The number of rotatable bonds is 8. The van der Waals surface area contributed by atoms with Crippen LogP contribution >= 0.6 is 0 Å². The lowest BCUT2D eigenvalue weighted by Crippen LogP contribution is -2.24. The fraction of sp³-hybridized carbons (Fsp3) is 0.647. The molecular weight excluding hydrogens is 250 g/mol. The molecule has 0 fully saturated rings. The molecule has 1 aliphatic carbocycles. The van der Waals surface area contributed by atoms with Gasteiger partial charge in [-0.2, -0.15) is 0 Å². The molecule has 1 aromatic carbocycles. The van der Waals surface area contributed by atoms with Gasteiger partial charge in [0.2, 0.25) is 0 Å². The van der Waals surface area contributed by atoms with Crippen LogP contribution in [0.15, 0.2) is 18.2 Å². The van der Waals surface area contributed by atoms with Gasteiger partial charge in [0.05, 0.1) is 13.7 Å². The van der Waals surface area contributed by atoms with Crippen molar-refractivity contribution >= 4 is 0 Å². The van der Waals surface area contributed by atoms with E-state index in [-0.39, 0.29) is 0 Å². The molecule has 3 nitrogen and oxygen atoms in total. The van der Waals surface area contributed by atoms with Crippen molar-refractivity contribution in [2.75, 3.05) is 26.9 Å². The zero-order valence-electron chi connectivity index (χ0n) is 12.9. The van der Waals surface area contributed by atoms with Gasteiger partial charge in [-0.3, -0.25) is 0 Å². The number of hydrogen-bond donors (Lipinski definition) is 1. The molecule has 0 amide bonds. The minimum Gasteiger partial charge on any atom is -0.497 e. The number of aryl methyl sites for hydroxylation is 1. The summed E-state index contributed by atoms with van der Waals surface area (Å²) < 4.78 is 11.0. The van der Waals surface area contributed by atoms with Crippen molar-refractivity contribution in [3.63, 3.8) is 0 Å². The highest BCUT2D eigenvalue weighted by Gasteiger charge is 2.22. The van der Waals surface area contributed by atoms with E-state index in [2.05, 4.69) is 37.4 Å². The van der Waals surface area contributed by atoms with Crippen LogP contribution in [0, 0.1) is 5.92 Å². The third-order valence-electron chi connectivity index (χ3n) is 3.91. The molecule has 1 aromatic rings. The van der Waals surface area contributed by atoms with E-state index in [1.54, 1.807) is 7.11 Å². The third kappa shape index (κ3) is 4.22. The second kappa shape index (κ2) is 7.65. The Morgan fingerprint density at radius 2 is 2.15 bits per heavy atom. The molecule has 20 heavy (non-hydrogen) atoms. The Hall–Kier alpha value is -1.06. The highest BCUT2D eigenvalue weighted by molar-refractivity contribution is 5.40. The normalized spacial score (nSPS) is 17.5. The Labute approximate surface area is 122 Å². The van der Waals surface area contributed by atoms with E-state index in [0.717, 1.165) is 44.3 Å². The molecule has 112 valence electrons. The van der Waals surface area contributed by atoms with Gasteiger partial charge in [-0.25, -0.2) is 0 Å². The van der Waals surface area contributed by atoms with Gasteiger partial charge < -0.3 is 14.8 Å². The molecule has 0 bridgehead atoms. The van der Waals surface area contributed by atoms with E-state index in [1.807, 2.05) is 0 Å². The summed E-state index contributed by atoms with van der Waals surface area (Å²) in [6, 6.07) is 6.86. The summed E-state index contributed by atoms with van der Waals surface area (Å²) in [6.07, 6.45) is 3.48. The van der Waals surface area contributed by atoms with Crippen LogP contribution in [0.5, 0.6) is 5.75 Å². The van der Waals surface area contributed by atoms with Crippen molar-refractivity contribution in [1.29, 1.82) is 0 Å². The van der Waals surface area contributed by atoms with E-state index in [1.165, 1.54) is 17.5 Å². The molecule has 1 atom stereocenters. The van der Waals surface area contributed by atoms with Gasteiger partial charge in [0.25, 0.3) is 0 Å². The van der Waals surface area contributed by atoms with Crippen molar-refractivity contribution in [3.05, 3.63) is 29.3 Å². The summed E-state index contributed by atoms with van der Waals surface area (Å²) in [5.41, 5.74) is 2.84. The number of hydrogen-bond acceptors (Lipinski definition) is 3. The maximum Gasteiger partial charge on any atom is 0.119 e. The van der Waals surface area contributed by atoms with Gasteiger partial charge in [-0.15, -0.1) is 0 Å². The van der Waals surface area contributed by atoms with Crippen LogP contribution in [0.2, 0.25) is 0 Å². The van der Waals surface area contributed by atoms with Crippen LogP contribution in [0.3, 0.4) is 0 Å². The average molecular weight is 277 g/mol. The average Bonchev–Trinajstić information content (AvgIpc) is 2.84. The quantitative estimate of drug-likeness (QED) is 0.739. The Kier molecular flexibility index (Phi) is 5.86. The van der Waals surface area contributed by atoms with Gasteiger partial charge >= 0.3 is 0 Å². The first kappa shape index (κ1) is 15.3. The Morgan fingerprint density at radius 1 is 1.30 bits per heavy atom. The molecule has 0 spiro atoms. The lowest BCUT2D eigenvalue weighted by Gasteiger charge is -2.15. The lowest BCUT2D eigenvalue weighted by molar-refractivity contribution is 0.123. The summed E-state index contributed by atoms with van der Waals surface area (Å²) in [7, 11) is 1.72. The van der Waals surface area contributed by atoms with Crippen LogP contribution in [0.4, 0.5) is 0 Å². The molecule has 2 rings (SSSR count). The lowest BCUT2D eigenvalue weighted by atomic mass is 10.1. The summed E-state index contributed by atoms with van der Waals surface area (Å²) in [6.45, 7) is 7.03. The second-order valence-electron chi connectivity index (χ2n) is 5.91. The first-order valence-corrected chi connectivity index (χ1v) is 7.68. The standard InChI is InChI=1S/C17H27NO2/c1-13(2)8-10-20-11-9-18-17-7-5-14-4-6-15(19-3)12-16(14)17/h4,6,12-13,17-18H,5,7-11H2,1-3H3. The summed E-state index contributed by atoms with van der Waals surface area (Å²) in [5.74, 6) is 1.67. The van der Waals surface area contributed by atoms with E-state index in [9.17, 15) is 0 Å². The molecule has 0 radical (unpaired) electrons. The van der Waals surface area contributed by atoms with Crippen molar-refractivity contribution in [1.82, 2.24) is 5.32 Å². The maximum absolute atomic E-state index is 5.65. The third-order valence-corrected chi connectivity index (χ3v) is 3.91. The molecule has 3 heteroatoms. The molecule has 0 saturated carbocycles. The van der Waals surface area contributed by atoms with Crippen LogP contribution in [-0.4, -0.2) is 26.9 Å². The van der Waals surface area contributed by atoms with Gasteiger partial charge in [-0.05, 0) is 48.4 Å². The largest absolute Gasteiger partial charge is 0.497 e. The predicted octanol–water partition coefficient (Wildman–Crippen LogP) is 3.33. The SMILES string of the molecule is COc1ccc2c(c1)C(NCCOCCC(C)C)CC2. The topological polar surface area (TPSA) is 30.5 Å². The van der Waals surface area contributed by atoms with Crippen LogP contribution in [0.25, 0.3) is 0 Å². The van der Waals surface area contributed by atoms with E-state index >= 15 is 0 Å². The van der Waals surface area contributed by atoms with Crippen LogP contribution < -0.4 is 10.1 Å². The maximum atomic E-state index is 5.65. The minimum atomic E-state index is 0.453. The van der Waals surface area contributed by atoms with Gasteiger partial charge in [0.15, 0.2) is 0 Å². The van der Waals surface area contributed by atoms with Gasteiger partial charge in [-0.1, -0.05) is 19.9 Å². The van der Waals surface area contributed by atoms with Gasteiger partial charge in [0, 0.05) is 19.2 Å². The van der Waals surface area contributed by atoms with E-state index in [4.69, 9.17) is 9.47 Å². The Balaban J connectivity index is 1.73. The summed E-state index contributed by atoms with van der Waals surface area (Å²) in [4.78, 5) is 0. The van der Waals surface area contributed by atoms with Crippen molar-refractivity contribution in [2.24, 2.45) is 5.92 Å². The van der Waals surface area contributed by atoms with Crippen LogP contribution in [0.1, 0.15) is 43.9 Å². The van der Waals surface area contributed by atoms with E-state index in [0.29, 0.717) is 6.04 Å². The zero-order chi connectivity index (χ0) is 14.4. The zero-order valence-corrected chi connectivity index (χ0v) is 12.9. The van der Waals surface area contributed by atoms with E-state index < -0.39 is 0 Å². The number of fused-ring (bicyclic) bond motifs is 1. The molecule has 0 heterocycles. The predicted molar refractivity (Wildman–Crippen MR) is 82.3 cm³/mol. The molecule has 0 saturated heterocycles. The summed E-state index contributed by atoms with van der Waals surface area (Å²) in [5, 5.41) is 3.60. The van der Waals surface area contributed by atoms with Crippen LogP contribution in [-0.2, 0) is 11.2 Å². The molecule has 0 aromatic heterocycles. The molecular formula is C17H27NO2. The molecule has 1 aliphatic rings. The van der Waals surface area contributed by atoms with Crippen molar-refractivity contribution in [3.8, 4) is 5.75 Å². The smallest absolute Gasteiger partial charge is 0.119 e. The second-order valence-corrected chi connectivity index (χ2v) is 5.91. The first-order valence-electron chi connectivity index (χ1n) is 7.68. The monoisotopic (exact) mass is 277 g/mol. The Morgan fingerprint density at radius 3 is 2.90 bits per heavy atom. The number of methoxy groups -OCH3 is 1. The first-order chi connectivity index (χ1) is 9.70. The van der Waals surface area contributed by atoms with Crippen molar-refractivity contribution in [2.45, 2.75) is 39.2 Å². The molecule has 0 aliphatic heterocycles. The highest BCUT2D eigenvalue weighted by atomic mass is 16.5. The number of nitrogens with one attached hydrogen (secondary N) is 1. The van der Waals surface area contributed by atoms with Gasteiger partial charge in [0.1, 0.15) is 5.75 Å². The number of ether oxygens (including phenoxy) is 2. The highest BCUT2D eigenvalue weighted by Crippen LogP contribution is 2.33.